The third-order valence-corrected chi connectivity index (χ3v) is 6.17. The average molecular weight is 429 g/mol. The zero-order valence-corrected chi connectivity index (χ0v) is 17.6. The van der Waals surface area contributed by atoms with Crippen molar-refractivity contribution in [2.24, 2.45) is 0 Å². The molecule has 0 spiro atoms. The van der Waals surface area contributed by atoms with Gasteiger partial charge in [-0.15, -0.1) is 0 Å². The number of hydrogen-bond donors (Lipinski definition) is 1. The van der Waals surface area contributed by atoms with E-state index in [4.69, 9.17) is 0 Å². The van der Waals surface area contributed by atoms with E-state index in [1.165, 1.54) is 12.1 Å². The first-order valence-electron chi connectivity index (χ1n) is 10.7. The van der Waals surface area contributed by atoms with Crippen molar-refractivity contribution in [2.75, 3.05) is 13.1 Å². The highest BCUT2D eigenvalue weighted by molar-refractivity contribution is 5.87. The SMILES string of the molecule is O=C(C(c1ccccc1)n1cnc2ccccc21)N1CCC(O)(Cc2cccc(F)c2)C1. The molecule has 0 radical (unpaired) electrons. The van der Waals surface area contributed by atoms with Gasteiger partial charge in [-0.05, 0) is 41.8 Å². The Morgan fingerprint density at radius 2 is 1.84 bits per heavy atom. The van der Waals surface area contributed by atoms with Crippen molar-refractivity contribution in [1.29, 1.82) is 0 Å². The maximum Gasteiger partial charge on any atom is 0.250 e. The van der Waals surface area contributed by atoms with Crippen molar-refractivity contribution < 1.29 is 14.3 Å². The molecule has 3 aromatic carbocycles. The molecule has 1 saturated heterocycles. The Balaban J connectivity index is 1.45. The molecule has 2 atom stereocenters. The number of rotatable bonds is 5. The Bertz CT molecular complexity index is 1260. The monoisotopic (exact) mass is 429 g/mol. The summed E-state index contributed by atoms with van der Waals surface area (Å²) >= 11 is 0. The summed E-state index contributed by atoms with van der Waals surface area (Å²) in [5, 5.41) is 11.2. The van der Waals surface area contributed by atoms with Crippen molar-refractivity contribution in [2.45, 2.75) is 24.5 Å². The number of benzene rings is 3. The highest BCUT2D eigenvalue weighted by Crippen LogP contribution is 2.31. The van der Waals surface area contributed by atoms with E-state index in [1.54, 1.807) is 23.4 Å². The van der Waals surface area contributed by atoms with Crippen LogP contribution in [0.3, 0.4) is 0 Å². The zero-order valence-electron chi connectivity index (χ0n) is 17.6. The van der Waals surface area contributed by atoms with E-state index in [1.807, 2.05) is 59.2 Å². The highest BCUT2D eigenvalue weighted by atomic mass is 19.1. The molecule has 0 saturated carbocycles. The molecule has 2 heterocycles. The van der Waals surface area contributed by atoms with Gasteiger partial charge in [0.15, 0.2) is 0 Å². The van der Waals surface area contributed by atoms with Gasteiger partial charge in [0, 0.05) is 19.5 Å². The van der Waals surface area contributed by atoms with Crippen molar-refractivity contribution in [3.8, 4) is 0 Å². The lowest BCUT2D eigenvalue weighted by Gasteiger charge is -2.27. The first kappa shape index (κ1) is 20.4. The summed E-state index contributed by atoms with van der Waals surface area (Å²) in [5.41, 5.74) is 2.21. The van der Waals surface area contributed by atoms with E-state index in [-0.39, 0.29) is 18.3 Å². The number of hydrogen-bond acceptors (Lipinski definition) is 3. The van der Waals surface area contributed by atoms with Gasteiger partial charge in [0.05, 0.1) is 23.0 Å². The fourth-order valence-corrected chi connectivity index (χ4v) is 4.63. The summed E-state index contributed by atoms with van der Waals surface area (Å²) in [6.45, 7) is 0.652. The molecule has 32 heavy (non-hydrogen) atoms. The minimum atomic E-state index is -1.08. The molecule has 0 aliphatic carbocycles. The van der Waals surface area contributed by atoms with Crippen LogP contribution in [0.5, 0.6) is 0 Å². The summed E-state index contributed by atoms with van der Waals surface area (Å²) in [6, 6.07) is 23.0. The number of imidazole rings is 1. The second-order valence-electron chi connectivity index (χ2n) is 8.49. The number of aliphatic hydroxyl groups is 1. The standard InChI is InChI=1S/C26H24FN3O2/c27-21-10-6-7-19(15-21)16-26(32)13-14-29(17-26)25(31)24(20-8-2-1-3-9-20)30-18-28-22-11-4-5-12-23(22)30/h1-12,15,18,24,32H,13-14,16-17H2. The van der Waals surface area contributed by atoms with Gasteiger partial charge >= 0.3 is 0 Å². The molecule has 1 N–H and O–H groups in total. The van der Waals surface area contributed by atoms with Crippen LogP contribution >= 0.6 is 0 Å². The largest absolute Gasteiger partial charge is 0.388 e. The summed E-state index contributed by atoms with van der Waals surface area (Å²) in [6.07, 6.45) is 2.45. The topological polar surface area (TPSA) is 58.4 Å². The molecule has 1 fully saturated rings. The van der Waals surface area contributed by atoms with Crippen LogP contribution in [-0.2, 0) is 11.2 Å². The predicted molar refractivity (Wildman–Crippen MR) is 121 cm³/mol. The Morgan fingerprint density at radius 3 is 2.66 bits per heavy atom. The average Bonchev–Trinajstić information content (AvgIpc) is 3.39. The molecule has 0 bridgehead atoms. The minimum absolute atomic E-state index is 0.0884. The van der Waals surface area contributed by atoms with Gasteiger partial charge in [-0.25, -0.2) is 9.37 Å². The van der Waals surface area contributed by atoms with Gasteiger partial charge in [0.25, 0.3) is 0 Å². The lowest BCUT2D eigenvalue weighted by atomic mass is 9.94. The molecule has 5 rings (SSSR count). The normalized spacial score (nSPS) is 19.4. The summed E-state index contributed by atoms with van der Waals surface area (Å²) in [5.74, 6) is -0.414. The quantitative estimate of drug-likeness (QED) is 0.522. The summed E-state index contributed by atoms with van der Waals surface area (Å²) in [4.78, 5) is 20.0. The molecule has 1 amide bonds. The zero-order chi connectivity index (χ0) is 22.1. The number of likely N-dealkylation sites (tertiary alicyclic amines) is 1. The van der Waals surface area contributed by atoms with Crippen LogP contribution in [0.1, 0.15) is 23.6 Å². The van der Waals surface area contributed by atoms with Crippen LogP contribution in [0.15, 0.2) is 85.2 Å². The van der Waals surface area contributed by atoms with Crippen molar-refractivity contribution in [3.05, 3.63) is 102 Å². The molecule has 1 aliphatic rings. The van der Waals surface area contributed by atoms with E-state index in [9.17, 15) is 14.3 Å². The Labute approximate surface area is 185 Å². The molecular weight excluding hydrogens is 405 g/mol. The number of para-hydroxylation sites is 2. The molecule has 162 valence electrons. The number of halogens is 1. The van der Waals surface area contributed by atoms with Gasteiger partial charge < -0.3 is 14.6 Å². The van der Waals surface area contributed by atoms with E-state index < -0.39 is 11.6 Å². The van der Waals surface area contributed by atoms with Gasteiger partial charge in [-0.3, -0.25) is 4.79 Å². The van der Waals surface area contributed by atoms with Crippen LogP contribution < -0.4 is 0 Å². The summed E-state index contributed by atoms with van der Waals surface area (Å²) < 4.78 is 15.5. The Kier molecular flexibility index (Phi) is 5.23. The number of nitrogens with zero attached hydrogens (tertiary/aromatic N) is 3. The molecule has 2 unspecified atom stereocenters. The molecule has 1 aromatic heterocycles. The number of carbonyl (C=O) groups is 1. The molecule has 5 nitrogen and oxygen atoms in total. The van der Waals surface area contributed by atoms with Gasteiger partial charge in [-0.1, -0.05) is 54.6 Å². The minimum Gasteiger partial charge on any atom is -0.388 e. The van der Waals surface area contributed by atoms with Crippen LogP contribution in [0, 0.1) is 5.82 Å². The number of aromatic nitrogens is 2. The van der Waals surface area contributed by atoms with Gasteiger partial charge in [-0.2, -0.15) is 0 Å². The van der Waals surface area contributed by atoms with Gasteiger partial charge in [0.2, 0.25) is 5.91 Å². The molecule has 1 aliphatic heterocycles. The lowest BCUT2D eigenvalue weighted by molar-refractivity contribution is -0.133. The number of amides is 1. The van der Waals surface area contributed by atoms with E-state index >= 15 is 0 Å². The van der Waals surface area contributed by atoms with Crippen molar-refractivity contribution in [3.63, 3.8) is 0 Å². The van der Waals surface area contributed by atoms with E-state index in [0.29, 0.717) is 19.4 Å². The van der Waals surface area contributed by atoms with Crippen LogP contribution in [0.4, 0.5) is 4.39 Å². The predicted octanol–water partition coefficient (Wildman–Crippen LogP) is 3.97. The number of β-amino-alcohol motifs (C(OH)–C–C–N with tert-alkyl or cyclic N) is 1. The van der Waals surface area contributed by atoms with E-state index in [2.05, 4.69) is 4.98 Å². The Hall–Kier alpha value is -3.51. The molecule has 4 aromatic rings. The third-order valence-electron chi connectivity index (χ3n) is 6.17. The number of fused-ring (bicyclic) bond motifs is 1. The van der Waals surface area contributed by atoms with E-state index in [0.717, 1.165) is 22.2 Å². The first-order valence-corrected chi connectivity index (χ1v) is 10.7. The first-order chi connectivity index (χ1) is 15.5. The molecular formula is C26H24FN3O2. The van der Waals surface area contributed by atoms with Crippen LogP contribution in [-0.4, -0.2) is 44.2 Å². The van der Waals surface area contributed by atoms with Gasteiger partial charge in [0.1, 0.15) is 11.9 Å². The Morgan fingerprint density at radius 1 is 1.06 bits per heavy atom. The van der Waals surface area contributed by atoms with Crippen molar-refractivity contribution in [1.82, 2.24) is 14.5 Å². The fourth-order valence-electron chi connectivity index (χ4n) is 4.63. The number of carbonyl (C=O) groups excluding carboxylic acids is 1. The van der Waals surface area contributed by atoms with Crippen LogP contribution in [0.2, 0.25) is 0 Å². The maximum atomic E-state index is 13.8. The summed E-state index contributed by atoms with van der Waals surface area (Å²) in [7, 11) is 0. The second kappa shape index (κ2) is 8.20. The second-order valence-corrected chi connectivity index (χ2v) is 8.49. The van der Waals surface area contributed by atoms with Crippen molar-refractivity contribution >= 4 is 16.9 Å². The lowest BCUT2D eigenvalue weighted by Crippen LogP contribution is -2.41. The fraction of sp³-hybridized carbons (Fsp3) is 0.231. The molecule has 6 heteroatoms. The smallest absolute Gasteiger partial charge is 0.250 e. The highest BCUT2D eigenvalue weighted by Gasteiger charge is 2.41. The maximum absolute atomic E-state index is 13.8. The van der Waals surface area contributed by atoms with Crippen LogP contribution in [0.25, 0.3) is 11.0 Å². The third kappa shape index (κ3) is 3.89.